The minimum Gasteiger partial charge on any atom is -0.716 e. The standard InChI is InChI=1S/C8H5F5O4S/c9-5-1-2-6(17-18(14,15)16)7(10)4(5)3-8(11,12)13/h1-2H,3H2,(H,14,15,16)/p-1. The molecule has 0 aliphatic heterocycles. The lowest BCUT2D eigenvalue weighted by Crippen LogP contribution is -2.16. The molecular weight excluding hydrogens is 287 g/mol. The summed E-state index contributed by atoms with van der Waals surface area (Å²) in [6, 6.07) is 0.769. The highest BCUT2D eigenvalue weighted by molar-refractivity contribution is 7.81. The van der Waals surface area contributed by atoms with Crippen molar-refractivity contribution in [2.45, 2.75) is 12.6 Å². The molecule has 4 nitrogen and oxygen atoms in total. The van der Waals surface area contributed by atoms with Gasteiger partial charge in [-0.05, 0) is 12.1 Å². The molecule has 1 aromatic rings. The molecule has 0 aliphatic rings. The van der Waals surface area contributed by atoms with Crippen molar-refractivity contribution in [3.63, 3.8) is 0 Å². The van der Waals surface area contributed by atoms with Crippen LogP contribution in [0, 0.1) is 11.6 Å². The molecule has 102 valence electrons. The van der Waals surface area contributed by atoms with Crippen LogP contribution in [-0.4, -0.2) is 19.1 Å². The van der Waals surface area contributed by atoms with Gasteiger partial charge in [-0.15, -0.1) is 0 Å². The van der Waals surface area contributed by atoms with E-state index in [0.717, 1.165) is 0 Å². The molecule has 0 bridgehead atoms. The Hall–Kier alpha value is -1.42. The maximum absolute atomic E-state index is 13.3. The topological polar surface area (TPSA) is 66.4 Å². The first kappa shape index (κ1) is 14.6. The number of hydrogen-bond donors (Lipinski definition) is 0. The average molecular weight is 291 g/mol. The van der Waals surface area contributed by atoms with Crippen LogP contribution < -0.4 is 4.18 Å². The molecule has 10 heteroatoms. The first-order chi connectivity index (χ1) is 7.99. The van der Waals surface area contributed by atoms with Crippen molar-refractivity contribution in [1.82, 2.24) is 0 Å². The second-order valence-corrected chi connectivity index (χ2v) is 4.10. The highest BCUT2D eigenvalue weighted by Gasteiger charge is 2.32. The van der Waals surface area contributed by atoms with Crippen molar-refractivity contribution in [3.05, 3.63) is 29.3 Å². The Morgan fingerprint density at radius 3 is 2.22 bits per heavy atom. The number of halogens is 5. The molecule has 1 aromatic carbocycles. The highest BCUT2D eigenvalue weighted by atomic mass is 32.3. The van der Waals surface area contributed by atoms with Crippen LogP contribution in [-0.2, 0) is 16.8 Å². The van der Waals surface area contributed by atoms with Crippen molar-refractivity contribution in [2.24, 2.45) is 0 Å². The minimum absolute atomic E-state index is 0.366. The summed E-state index contributed by atoms with van der Waals surface area (Å²) in [5, 5.41) is 0. The van der Waals surface area contributed by atoms with Crippen LogP contribution >= 0.6 is 0 Å². The summed E-state index contributed by atoms with van der Waals surface area (Å²) in [6.45, 7) is 0. The smallest absolute Gasteiger partial charge is 0.393 e. The van der Waals surface area contributed by atoms with Crippen LogP contribution in [0.1, 0.15) is 5.56 Å². The zero-order chi connectivity index (χ0) is 14.1. The van der Waals surface area contributed by atoms with E-state index in [-0.39, 0.29) is 0 Å². The van der Waals surface area contributed by atoms with E-state index in [2.05, 4.69) is 4.18 Å². The summed E-state index contributed by atoms with van der Waals surface area (Å²) < 4.78 is 96.4. The summed E-state index contributed by atoms with van der Waals surface area (Å²) >= 11 is 0. The zero-order valence-corrected chi connectivity index (χ0v) is 9.11. The molecule has 1 rings (SSSR count). The molecule has 0 fully saturated rings. The van der Waals surface area contributed by atoms with Gasteiger partial charge in [-0.3, -0.25) is 0 Å². The SMILES string of the molecule is O=S(=O)([O-])Oc1ccc(F)c(CC(F)(F)F)c1F. The van der Waals surface area contributed by atoms with E-state index in [9.17, 15) is 34.9 Å². The molecule has 18 heavy (non-hydrogen) atoms. The highest BCUT2D eigenvalue weighted by Crippen LogP contribution is 2.29. The van der Waals surface area contributed by atoms with Gasteiger partial charge in [0.15, 0.2) is 11.6 Å². The van der Waals surface area contributed by atoms with Crippen molar-refractivity contribution < 1.29 is 39.1 Å². The van der Waals surface area contributed by atoms with Crippen LogP contribution in [0.25, 0.3) is 0 Å². The Labute approximate surface area is 97.9 Å². The molecule has 0 amide bonds. The fraction of sp³-hybridized carbons (Fsp3) is 0.250. The summed E-state index contributed by atoms with van der Waals surface area (Å²) in [6.07, 6.45) is -6.86. The van der Waals surface area contributed by atoms with E-state index in [0.29, 0.717) is 12.1 Å². The summed E-state index contributed by atoms with van der Waals surface area (Å²) in [7, 11) is -5.37. The van der Waals surface area contributed by atoms with E-state index in [1.165, 1.54) is 0 Å². The number of rotatable bonds is 3. The Morgan fingerprint density at radius 2 is 1.78 bits per heavy atom. The van der Waals surface area contributed by atoms with Crippen molar-refractivity contribution >= 4 is 10.4 Å². The van der Waals surface area contributed by atoms with E-state index in [1.807, 2.05) is 0 Å². The van der Waals surface area contributed by atoms with E-state index in [4.69, 9.17) is 0 Å². The molecule has 0 N–H and O–H groups in total. The Kier molecular flexibility index (Phi) is 3.81. The molecule has 0 aliphatic carbocycles. The van der Waals surface area contributed by atoms with Gasteiger partial charge in [0.2, 0.25) is 0 Å². The Balaban J connectivity index is 3.23. The zero-order valence-electron chi connectivity index (χ0n) is 8.29. The van der Waals surface area contributed by atoms with E-state index >= 15 is 0 Å². The largest absolute Gasteiger partial charge is 0.716 e. The molecule has 0 unspecified atom stereocenters. The van der Waals surface area contributed by atoms with Crippen LogP contribution in [0.15, 0.2) is 12.1 Å². The third-order valence-corrected chi connectivity index (χ3v) is 2.10. The molecule has 0 saturated carbocycles. The van der Waals surface area contributed by atoms with Gasteiger partial charge in [-0.1, -0.05) is 0 Å². The summed E-state index contributed by atoms with van der Waals surface area (Å²) in [5.74, 6) is -4.70. The van der Waals surface area contributed by atoms with Gasteiger partial charge in [0, 0.05) is 5.56 Å². The number of alkyl halides is 3. The molecule has 0 atom stereocenters. The minimum atomic E-state index is -5.37. The lowest BCUT2D eigenvalue weighted by molar-refractivity contribution is -0.128. The quantitative estimate of drug-likeness (QED) is 0.484. The fourth-order valence-corrected chi connectivity index (χ4v) is 1.46. The lowest BCUT2D eigenvalue weighted by Gasteiger charge is -2.13. The van der Waals surface area contributed by atoms with Crippen molar-refractivity contribution in [1.29, 1.82) is 0 Å². The van der Waals surface area contributed by atoms with Gasteiger partial charge in [0.1, 0.15) is 5.82 Å². The van der Waals surface area contributed by atoms with Crippen LogP contribution in [0.5, 0.6) is 5.75 Å². The first-order valence-electron chi connectivity index (χ1n) is 4.18. The van der Waals surface area contributed by atoms with Crippen LogP contribution in [0.3, 0.4) is 0 Å². The van der Waals surface area contributed by atoms with Gasteiger partial charge >= 0.3 is 6.18 Å². The molecular formula is C8H4F5O4S-. The monoisotopic (exact) mass is 291 g/mol. The molecule has 0 heterocycles. The van der Waals surface area contributed by atoms with Crippen LogP contribution in [0.2, 0.25) is 0 Å². The second kappa shape index (κ2) is 4.69. The average Bonchev–Trinajstić information content (AvgIpc) is 2.14. The maximum Gasteiger partial charge on any atom is 0.393 e. The Bertz CT molecular complexity index is 551. The second-order valence-electron chi connectivity index (χ2n) is 3.12. The predicted molar refractivity (Wildman–Crippen MR) is 46.4 cm³/mol. The molecule has 0 aromatic heterocycles. The Morgan fingerprint density at radius 1 is 1.22 bits per heavy atom. The predicted octanol–water partition coefficient (Wildman–Crippen LogP) is 1.91. The molecule has 0 spiro atoms. The lowest BCUT2D eigenvalue weighted by atomic mass is 10.1. The van der Waals surface area contributed by atoms with Crippen molar-refractivity contribution in [2.75, 3.05) is 0 Å². The normalized spacial score (nSPS) is 12.6. The van der Waals surface area contributed by atoms with Crippen LogP contribution in [0.4, 0.5) is 22.0 Å². The van der Waals surface area contributed by atoms with Gasteiger partial charge in [-0.25, -0.2) is 17.2 Å². The van der Waals surface area contributed by atoms with Gasteiger partial charge in [0.25, 0.3) is 10.4 Å². The van der Waals surface area contributed by atoms with E-state index < -0.39 is 45.9 Å². The first-order valence-corrected chi connectivity index (χ1v) is 5.52. The number of hydrogen-bond acceptors (Lipinski definition) is 4. The van der Waals surface area contributed by atoms with Gasteiger partial charge in [-0.2, -0.15) is 13.2 Å². The van der Waals surface area contributed by atoms with Gasteiger partial charge < -0.3 is 8.74 Å². The number of benzene rings is 1. The summed E-state index contributed by atoms with van der Waals surface area (Å²) in [4.78, 5) is 0. The summed E-state index contributed by atoms with van der Waals surface area (Å²) in [5.41, 5.74) is -1.43. The van der Waals surface area contributed by atoms with Crippen molar-refractivity contribution in [3.8, 4) is 5.75 Å². The van der Waals surface area contributed by atoms with E-state index in [1.54, 1.807) is 0 Å². The maximum atomic E-state index is 13.3. The third-order valence-electron chi connectivity index (χ3n) is 1.72. The third kappa shape index (κ3) is 4.11. The fourth-order valence-electron chi connectivity index (χ4n) is 1.11. The van der Waals surface area contributed by atoms with Gasteiger partial charge in [0.05, 0.1) is 6.42 Å². The molecule has 0 saturated heterocycles. The molecule has 0 radical (unpaired) electrons.